The number of hydrogen-bond acceptors (Lipinski definition) is 5. The Bertz CT molecular complexity index is 937. The van der Waals surface area contributed by atoms with Crippen LogP contribution in [0.3, 0.4) is 0 Å². The van der Waals surface area contributed by atoms with E-state index in [1.54, 1.807) is 6.07 Å². The van der Waals surface area contributed by atoms with Gasteiger partial charge in [0, 0.05) is 6.07 Å². The van der Waals surface area contributed by atoms with Gasteiger partial charge < -0.3 is 10.1 Å². The fraction of sp³-hybridized carbons (Fsp3) is 0.222. The molecule has 26 heavy (non-hydrogen) atoms. The molecular formula is C18H14ClN3O4. The van der Waals surface area contributed by atoms with Crippen molar-refractivity contribution >= 4 is 28.9 Å². The Labute approximate surface area is 154 Å². The number of carbonyl (C=O) groups excluding carboxylic acids is 1. The number of fused-ring (bicyclic) bond motifs is 1. The molecule has 2 aromatic rings. The second-order valence-corrected chi connectivity index (χ2v) is 6.22. The van der Waals surface area contributed by atoms with Gasteiger partial charge in [0.1, 0.15) is 10.8 Å². The Kier molecular flexibility index (Phi) is 5.05. The zero-order valence-electron chi connectivity index (χ0n) is 13.6. The van der Waals surface area contributed by atoms with E-state index in [0.717, 1.165) is 25.3 Å². The van der Waals surface area contributed by atoms with Gasteiger partial charge in [0.25, 0.3) is 11.6 Å². The van der Waals surface area contributed by atoms with E-state index in [9.17, 15) is 14.9 Å². The fourth-order valence-electron chi connectivity index (χ4n) is 2.87. The van der Waals surface area contributed by atoms with Crippen molar-refractivity contribution in [2.75, 3.05) is 11.9 Å². The van der Waals surface area contributed by atoms with Crippen molar-refractivity contribution in [2.45, 2.75) is 19.3 Å². The molecule has 8 heteroatoms. The number of aryl methyl sites for hydroxylation is 2. The molecule has 0 aliphatic heterocycles. The van der Waals surface area contributed by atoms with Crippen molar-refractivity contribution in [3.05, 3.63) is 62.2 Å². The first kappa shape index (κ1) is 17.7. The van der Waals surface area contributed by atoms with Crippen molar-refractivity contribution in [1.29, 1.82) is 5.26 Å². The average molecular weight is 372 g/mol. The van der Waals surface area contributed by atoms with Crippen LogP contribution in [0.2, 0.25) is 5.02 Å². The van der Waals surface area contributed by atoms with E-state index in [1.165, 1.54) is 17.2 Å². The second-order valence-electron chi connectivity index (χ2n) is 5.85. The maximum Gasteiger partial charge on any atom is 0.291 e. The van der Waals surface area contributed by atoms with E-state index >= 15 is 0 Å². The van der Waals surface area contributed by atoms with Gasteiger partial charge in [-0.05, 0) is 48.6 Å². The minimum atomic E-state index is -0.708. The number of nitriles is 1. The first-order valence-electron chi connectivity index (χ1n) is 7.90. The highest BCUT2D eigenvalue weighted by Gasteiger charge is 2.20. The van der Waals surface area contributed by atoms with E-state index in [-0.39, 0.29) is 22.9 Å². The maximum atomic E-state index is 12.1. The third-order valence-corrected chi connectivity index (χ3v) is 4.49. The van der Waals surface area contributed by atoms with Gasteiger partial charge in [-0.3, -0.25) is 14.9 Å². The topological polar surface area (TPSA) is 105 Å². The molecule has 0 saturated carbocycles. The van der Waals surface area contributed by atoms with Crippen LogP contribution in [0.1, 0.15) is 23.1 Å². The summed E-state index contributed by atoms with van der Waals surface area (Å²) in [6.45, 7) is -0.278. The molecule has 1 aliphatic rings. The lowest BCUT2D eigenvalue weighted by Gasteiger charge is -2.10. The minimum Gasteiger partial charge on any atom is -0.484 e. The average Bonchev–Trinajstić information content (AvgIpc) is 3.09. The summed E-state index contributed by atoms with van der Waals surface area (Å²) in [5, 5.41) is 22.2. The zero-order chi connectivity index (χ0) is 18.7. The van der Waals surface area contributed by atoms with Crippen LogP contribution in [-0.4, -0.2) is 17.4 Å². The van der Waals surface area contributed by atoms with Crippen LogP contribution >= 0.6 is 11.6 Å². The molecule has 0 bridgehead atoms. The highest BCUT2D eigenvalue weighted by atomic mass is 35.5. The molecule has 2 aromatic carbocycles. The number of hydrogen-bond donors (Lipinski definition) is 1. The number of benzene rings is 2. The fourth-order valence-corrected chi connectivity index (χ4v) is 3.10. The zero-order valence-corrected chi connectivity index (χ0v) is 14.4. The van der Waals surface area contributed by atoms with E-state index in [1.807, 2.05) is 18.2 Å². The van der Waals surface area contributed by atoms with Gasteiger partial charge in [0.2, 0.25) is 0 Å². The van der Waals surface area contributed by atoms with Gasteiger partial charge in [0.15, 0.2) is 6.61 Å². The molecule has 1 aliphatic carbocycles. The molecule has 1 amide bonds. The van der Waals surface area contributed by atoms with Gasteiger partial charge in [-0.1, -0.05) is 17.7 Å². The molecule has 0 spiro atoms. The van der Waals surface area contributed by atoms with E-state index in [4.69, 9.17) is 21.6 Å². The quantitative estimate of drug-likeness (QED) is 0.638. The van der Waals surface area contributed by atoms with Crippen molar-refractivity contribution in [3.8, 4) is 11.8 Å². The first-order chi connectivity index (χ1) is 12.5. The van der Waals surface area contributed by atoms with Gasteiger partial charge in [-0.15, -0.1) is 0 Å². The molecule has 0 unspecified atom stereocenters. The van der Waals surface area contributed by atoms with Crippen LogP contribution in [0, 0.1) is 21.4 Å². The number of nitro groups is 1. The molecule has 132 valence electrons. The van der Waals surface area contributed by atoms with E-state index < -0.39 is 16.5 Å². The van der Waals surface area contributed by atoms with Gasteiger partial charge in [-0.25, -0.2) is 0 Å². The number of ether oxygens (including phenoxy) is 1. The molecule has 1 N–H and O–H groups in total. The predicted molar refractivity (Wildman–Crippen MR) is 95.4 cm³/mol. The summed E-state index contributed by atoms with van der Waals surface area (Å²) in [6.07, 6.45) is 3.17. The highest BCUT2D eigenvalue weighted by molar-refractivity contribution is 6.35. The minimum absolute atomic E-state index is 0.0000278. The monoisotopic (exact) mass is 371 g/mol. The molecule has 0 aromatic heterocycles. The lowest BCUT2D eigenvalue weighted by atomic mass is 10.1. The van der Waals surface area contributed by atoms with Gasteiger partial charge >= 0.3 is 0 Å². The van der Waals surface area contributed by atoms with Crippen LogP contribution < -0.4 is 10.1 Å². The third kappa shape index (κ3) is 3.76. The van der Waals surface area contributed by atoms with Gasteiger partial charge in [-0.2, -0.15) is 5.26 Å². The Morgan fingerprint density at radius 1 is 1.31 bits per heavy atom. The Hall–Kier alpha value is -3.11. The first-order valence-corrected chi connectivity index (χ1v) is 8.28. The molecular weight excluding hydrogens is 358 g/mol. The summed E-state index contributed by atoms with van der Waals surface area (Å²) in [7, 11) is 0. The van der Waals surface area contributed by atoms with Gasteiger partial charge in [0.05, 0.1) is 22.2 Å². The summed E-state index contributed by atoms with van der Waals surface area (Å²) in [5.41, 5.74) is 2.11. The van der Waals surface area contributed by atoms with Crippen molar-refractivity contribution < 1.29 is 14.5 Å². The SMILES string of the molecule is N#Cc1cc(NC(=O)COc2ccc3c(c2)CCC3)c(Cl)c([N+](=O)[O-])c1. The summed E-state index contributed by atoms with van der Waals surface area (Å²) < 4.78 is 5.49. The summed E-state index contributed by atoms with van der Waals surface area (Å²) in [4.78, 5) is 22.4. The lowest BCUT2D eigenvalue weighted by molar-refractivity contribution is -0.384. The maximum absolute atomic E-state index is 12.1. The van der Waals surface area contributed by atoms with Crippen molar-refractivity contribution in [3.63, 3.8) is 0 Å². The number of nitrogens with zero attached hydrogens (tertiary/aromatic N) is 2. The molecule has 0 heterocycles. The normalized spacial score (nSPS) is 12.2. The molecule has 0 atom stereocenters. The number of halogens is 1. The van der Waals surface area contributed by atoms with Crippen LogP contribution in [0.4, 0.5) is 11.4 Å². The second kappa shape index (κ2) is 7.42. The van der Waals surface area contributed by atoms with E-state index in [2.05, 4.69) is 5.32 Å². The Morgan fingerprint density at radius 3 is 2.81 bits per heavy atom. The Morgan fingerprint density at radius 2 is 2.08 bits per heavy atom. The Balaban J connectivity index is 1.69. The largest absolute Gasteiger partial charge is 0.484 e. The summed E-state index contributed by atoms with van der Waals surface area (Å²) >= 11 is 5.95. The summed E-state index contributed by atoms with van der Waals surface area (Å²) in [5.74, 6) is 0.0560. The van der Waals surface area contributed by atoms with Crippen LogP contribution in [0.25, 0.3) is 0 Å². The molecule has 7 nitrogen and oxygen atoms in total. The van der Waals surface area contributed by atoms with Crippen molar-refractivity contribution in [1.82, 2.24) is 0 Å². The highest BCUT2D eigenvalue weighted by Crippen LogP contribution is 2.33. The smallest absolute Gasteiger partial charge is 0.291 e. The third-order valence-electron chi connectivity index (χ3n) is 4.09. The van der Waals surface area contributed by atoms with E-state index in [0.29, 0.717) is 5.75 Å². The number of amides is 1. The number of carbonyl (C=O) groups is 1. The number of nitrogens with one attached hydrogen (secondary N) is 1. The van der Waals surface area contributed by atoms with Crippen LogP contribution in [-0.2, 0) is 17.6 Å². The standard InChI is InChI=1S/C18H14ClN3O4/c19-18-15(6-11(9-20)7-16(18)22(24)25)21-17(23)10-26-14-5-4-12-2-1-3-13(12)8-14/h4-8H,1-3,10H2,(H,21,23). The molecule has 0 fully saturated rings. The molecule has 0 radical (unpaired) electrons. The summed E-state index contributed by atoms with van der Waals surface area (Å²) in [6, 6.07) is 9.86. The number of anilines is 1. The molecule has 3 rings (SSSR count). The lowest BCUT2D eigenvalue weighted by Crippen LogP contribution is -2.20. The van der Waals surface area contributed by atoms with Crippen molar-refractivity contribution in [2.24, 2.45) is 0 Å². The van der Waals surface area contributed by atoms with Crippen LogP contribution in [0.5, 0.6) is 5.75 Å². The van der Waals surface area contributed by atoms with Crippen LogP contribution in [0.15, 0.2) is 30.3 Å². The predicted octanol–water partition coefficient (Wildman–Crippen LogP) is 3.63. The number of nitro benzene ring substituents is 1. The number of rotatable bonds is 5. The molecule has 0 saturated heterocycles.